The summed E-state index contributed by atoms with van der Waals surface area (Å²) in [6.07, 6.45) is 4.92. The zero-order valence-electron chi connectivity index (χ0n) is 15.4. The number of hydrogen-bond donors (Lipinski definition) is 2. The summed E-state index contributed by atoms with van der Waals surface area (Å²) < 4.78 is 10.2. The first kappa shape index (κ1) is 20.6. The lowest BCUT2D eigenvalue weighted by atomic mass is 10.0. The molecule has 1 aliphatic heterocycles. The van der Waals surface area contributed by atoms with Crippen LogP contribution in [0.15, 0.2) is 46.5 Å². The minimum atomic E-state index is -0.583. The summed E-state index contributed by atoms with van der Waals surface area (Å²) in [6, 6.07) is 6.69. The summed E-state index contributed by atoms with van der Waals surface area (Å²) >= 11 is 1.63. The zero-order chi connectivity index (χ0) is 19.8. The smallest absolute Gasteiger partial charge is 0.338 e. The van der Waals surface area contributed by atoms with E-state index in [1.807, 2.05) is 30.5 Å². The molecule has 1 aromatic carbocycles. The SMILES string of the molecule is CCOC(=O)C1=C(COC(=O)C=Cc2ccc(SC)cc2)NC(=O)NC1C. The Hall–Kier alpha value is -2.74. The quantitative estimate of drug-likeness (QED) is 0.422. The number of rotatable bonds is 7. The molecular weight excluding hydrogens is 368 g/mol. The first-order valence-corrected chi connectivity index (χ1v) is 9.63. The maximum Gasteiger partial charge on any atom is 0.338 e. The van der Waals surface area contributed by atoms with Crippen LogP contribution in [0.4, 0.5) is 4.79 Å². The highest BCUT2D eigenvalue weighted by Crippen LogP contribution is 2.16. The molecule has 7 nitrogen and oxygen atoms in total. The van der Waals surface area contributed by atoms with Crippen LogP contribution in [-0.4, -0.2) is 43.5 Å². The fourth-order valence-corrected chi connectivity index (χ4v) is 2.87. The molecule has 1 heterocycles. The van der Waals surface area contributed by atoms with Gasteiger partial charge < -0.3 is 20.1 Å². The predicted molar refractivity (Wildman–Crippen MR) is 103 cm³/mol. The molecule has 1 aliphatic rings. The third kappa shape index (κ3) is 5.89. The van der Waals surface area contributed by atoms with E-state index in [4.69, 9.17) is 9.47 Å². The van der Waals surface area contributed by atoms with Crippen LogP contribution in [0, 0.1) is 0 Å². The molecule has 0 radical (unpaired) electrons. The molecular formula is C19H22N2O5S. The van der Waals surface area contributed by atoms with E-state index < -0.39 is 24.0 Å². The van der Waals surface area contributed by atoms with Gasteiger partial charge in [0.25, 0.3) is 0 Å². The molecule has 0 saturated carbocycles. The fraction of sp³-hybridized carbons (Fsp3) is 0.316. The number of carbonyl (C=O) groups excluding carboxylic acids is 3. The van der Waals surface area contributed by atoms with Crippen molar-refractivity contribution in [1.29, 1.82) is 0 Å². The highest BCUT2D eigenvalue weighted by Gasteiger charge is 2.30. The molecule has 8 heteroatoms. The van der Waals surface area contributed by atoms with Gasteiger partial charge >= 0.3 is 18.0 Å². The van der Waals surface area contributed by atoms with Crippen molar-refractivity contribution in [3.8, 4) is 0 Å². The van der Waals surface area contributed by atoms with Gasteiger partial charge in [0, 0.05) is 11.0 Å². The van der Waals surface area contributed by atoms with Crippen molar-refractivity contribution >= 4 is 35.8 Å². The highest BCUT2D eigenvalue weighted by molar-refractivity contribution is 7.98. The number of hydrogen-bond acceptors (Lipinski definition) is 6. The Balaban J connectivity index is 2.03. The van der Waals surface area contributed by atoms with Gasteiger partial charge in [-0.3, -0.25) is 0 Å². The van der Waals surface area contributed by atoms with Crippen LogP contribution in [-0.2, 0) is 19.1 Å². The van der Waals surface area contributed by atoms with E-state index >= 15 is 0 Å². The van der Waals surface area contributed by atoms with Crippen LogP contribution in [0.2, 0.25) is 0 Å². The Kier molecular flexibility index (Phi) is 7.48. The Morgan fingerprint density at radius 1 is 1.22 bits per heavy atom. The molecule has 0 aromatic heterocycles. The number of amides is 2. The second-order valence-corrected chi connectivity index (χ2v) is 6.53. The van der Waals surface area contributed by atoms with Crippen molar-refractivity contribution in [3.63, 3.8) is 0 Å². The van der Waals surface area contributed by atoms with Gasteiger partial charge in [-0.25, -0.2) is 14.4 Å². The summed E-state index contributed by atoms with van der Waals surface area (Å²) in [5.41, 5.74) is 1.32. The van der Waals surface area contributed by atoms with Crippen LogP contribution in [0.5, 0.6) is 0 Å². The molecule has 2 N–H and O–H groups in total. The van der Waals surface area contributed by atoms with Crippen LogP contribution in [0.1, 0.15) is 19.4 Å². The van der Waals surface area contributed by atoms with Gasteiger partial charge in [-0.1, -0.05) is 12.1 Å². The molecule has 0 fully saturated rings. The highest BCUT2D eigenvalue weighted by atomic mass is 32.2. The molecule has 1 aromatic rings. The normalized spacial score (nSPS) is 16.7. The summed E-state index contributed by atoms with van der Waals surface area (Å²) in [4.78, 5) is 36.9. The van der Waals surface area contributed by atoms with Crippen molar-refractivity contribution < 1.29 is 23.9 Å². The molecule has 1 atom stereocenters. The van der Waals surface area contributed by atoms with Crippen molar-refractivity contribution in [2.75, 3.05) is 19.5 Å². The number of esters is 2. The summed E-state index contributed by atoms with van der Waals surface area (Å²) in [5.74, 6) is -1.15. The molecule has 144 valence electrons. The average molecular weight is 390 g/mol. The topological polar surface area (TPSA) is 93.7 Å². The van der Waals surface area contributed by atoms with E-state index in [0.717, 1.165) is 10.5 Å². The standard InChI is InChI=1S/C19H22N2O5S/c1-4-25-18(23)17-12(2)20-19(24)21-15(17)11-26-16(22)10-7-13-5-8-14(27-3)9-6-13/h5-10,12H,4,11H2,1-3H3,(H2,20,21,24). The number of benzene rings is 1. The van der Waals surface area contributed by atoms with Crippen LogP contribution in [0.25, 0.3) is 6.08 Å². The van der Waals surface area contributed by atoms with E-state index in [-0.39, 0.29) is 24.5 Å². The van der Waals surface area contributed by atoms with Gasteiger partial charge in [0.15, 0.2) is 0 Å². The van der Waals surface area contributed by atoms with E-state index in [9.17, 15) is 14.4 Å². The van der Waals surface area contributed by atoms with E-state index in [1.165, 1.54) is 6.08 Å². The molecule has 0 bridgehead atoms. The van der Waals surface area contributed by atoms with Gasteiger partial charge in [-0.15, -0.1) is 11.8 Å². The number of nitrogens with one attached hydrogen (secondary N) is 2. The lowest BCUT2D eigenvalue weighted by Gasteiger charge is -2.26. The first-order chi connectivity index (χ1) is 12.9. The zero-order valence-corrected chi connectivity index (χ0v) is 16.2. The molecule has 0 saturated heterocycles. The summed E-state index contributed by atoms with van der Waals surface area (Å²) in [7, 11) is 0. The van der Waals surface area contributed by atoms with Crippen molar-refractivity contribution in [3.05, 3.63) is 47.2 Å². The fourth-order valence-electron chi connectivity index (χ4n) is 2.46. The largest absolute Gasteiger partial charge is 0.463 e. The predicted octanol–water partition coefficient (Wildman–Crippen LogP) is 2.48. The van der Waals surface area contributed by atoms with Crippen LogP contribution >= 0.6 is 11.8 Å². The minimum Gasteiger partial charge on any atom is -0.463 e. The number of urea groups is 1. The molecule has 1 unspecified atom stereocenters. The monoisotopic (exact) mass is 390 g/mol. The molecule has 27 heavy (non-hydrogen) atoms. The first-order valence-electron chi connectivity index (χ1n) is 8.41. The maximum atomic E-state index is 12.1. The number of carbonyl (C=O) groups is 3. The van der Waals surface area contributed by atoms with E-state index in [0.29, 0.717) is 0 Å². The van der Waals surface area contributed by atoms with Crippen molar-refractivity contribution in [1.82, 2.24) is 10.6 Å². The van der Waals surface area contributed by atoms with Crippen molar-refractivity contribution in [2.24, 2.45) is 0 Å². The summed E-state index contributed by atoms with van der Waals surface area (Å²) in [5, 5.41) is 5.08. The third-order valence-corrected chi connectivity index (χ3v) is 4.50. The third-order valence-electron chi connectivity index (χ3n) is 3.75. The molecule has 2 rings (SSSR count). The van der Waals surface area contributed by atoms with Gasteiger partial charge in [-0.05, 0) is 43.9 Å². The van der Waals surface area contributed by atoms with Gasteiger partial charge in [0.1, 0.15) is 6.61 Å². The molecule has 0 aliphatic carbocycles. The van der Waals surface area contributed by atoms with E-state index in [2.05, 4.69) is 10.6 Å². The Bertz CT molecular complexity index is 771. The lowest BCUT2D eigenvalue weighted by molar-refractivity contribution is -0.140. The maximum absolute atomic E-state index is 12.1. The molecule has 0 spiro atoms. The van der Waals surface area contributed by atoms with E-state index in [1.54, 1.807) is 31.7 Å². The second kappa shape index (κ2) is 9.82. The number of thioether (sulfide) groups is 1. The Morgan fingerprint density at radius 3 is 2.56 bits per heavy atom. The van der Waals surface area contributed by atoms with Crippen LogP contribution in [0.3, 0.4) is 0 Å². The van der Waals surface area contributed by atoms with Gasteiger partial charge in [-0.2, -0.15) is 0 Å². The second-order valence-electron chi connectivity index (χ2n) is 5.65. The summed E-state index contributed by atoms with van der Waals surface area (Å²) in [6.45, 7) is 3.31. The van der Waals surface area contributed by atoms with Crippen LogP contribution < -0.4 is 10.6 Å². The van der Waals surface area contributed by atoms with Crippen molar-refractivity contribution in [2.45, 2.75) is 24.8 Å². The van der Waals surface area contributed by atoms with Gasteiger partial charge in [0.2, 0.25) is 0 Å². The number of ether oxygens (including phenoxy) is 2. The average Bonchev–Trinajstić information content (AvgIpc) is 2.64. The Labute approximate surface area is 162 Å². The lowest BCUT2D eigenvalue weighted by Crippen LogP contribution is -2.50. The minimum absolute atomic E-state index is 0.203. The Morgan fingerprint density at radius 2 is 1.93 bits per heavy atom. The molecule has 2 amide bonds. The van der Waals surface area contributed by atoms with Gasteiger partial charge in [0.05, 0.1) is 23.9 Å².